The second-order valence-corrected chi connectivity index (χ2v) is 7.02. The van der Waals surface area contributed by atoms with E-state index in [0.29, 0.717) is 23.7 Å². The summed E-state index contributed by atoms with van der Waals surface area (Å²) in [4.78, 5) is 14.6. The summed E-state index contributed by atoms with van der Waals surface area (Å²) >= 11 is 0. The molecule has 3 aromatic carbocycles. The molecule has 0 fully saturated rings. The molecule has 0 radical (unpaired) electrons. The van der Waals surface area contributed by atoms with Crippen LogP contribution in [0.15, 0.2) is 78.9 Å². The summed E-state index contributed by atoms with van der Waals surface area (Å²) in [6.07, 6.45) is -0.555. The number of amides is 1. The van der Waals surface area contributed by atoms with Crippen LogP contribution in [0.2, 0.25) is 0 Å². The van der Waals surface area contributed by atoms with Gasteiger partial charge in [-0.25, -0.2) is 0 Å². The SMILES string of the molecule is Cc1ccc(Oc2ccccc2NC(=O)CN(CC(C)O)c2ccccc2)cc1. The van der Waals surface area contributed by atoms with Gasteiger partial charge in [0.2, 0.25) is 5.91 Å². The summed E-state index contributed by atoms with van der Waals surface area (Å²) in [5, 5.41) is 12.7. The largest absolute Gasteiger partial charge is 0.455 e. The van der Waals surface area contributed by atoms with Gasteiger partial charge in [-0.1, -0.05) is 48.0 Å². The van der Waals surface area contributed by atoms with Crippen molar-refractivity contribution < 1.29 is 14.6 Å². The van der Waals surface area contributed by atoms with E-state index in [9.17, 15) is 9.90 Å². The smallest absolute Gasteiger partial charge is 0.243 e. The van der Waals surface area contributed by atoms with Gasteiger partial charge in [-0.2, -0.15) is 0 Å². The normalized spacial score (nSPS) is 11.6. The van der Waals surface area contributed by atoms with Crippen LogP contribution in [0.4, 0.5) is 11.4 Å². The summed E-state index contributed by atoms with van der Waals surface area (Å²) in [6.45, 7) is 4.20. The van der Waals surface area contributed by atoms with Crippen LogP contribution >= 0.6 is 0 Å². The predicted octanol–water partition coefficient (Wildman–Crippen LogP) is 4.61. The number of carbonyl (C=O) groups is 1. The number of anilines is 2. The number of benzene rings is 3. The minimum absolute atomic E-state index is 0.119. The Morgan fingerprint density at radius 1 is 1.00 bits per heavy atom. The molecule has 0 aliphatic rings. The summed E-state index contributed by atoms with van der Waals surface area (Å²) < 4.78 is 5.95. The van der Waals surface area contributed by atoms with Crippen LogP contribution in [-0.4, -0.2) is 30.2 Å². The highest BCUT2D eigenvalue weighted by Crippen LogP contribution is 2.29. The molecule has 3 rings (SSSR count). The molecule has 0 aliphatic carbocycles. The van der Waals surface area contributed by atoms with E-state index in [1.165, 1.54) is 0 Å². The molecule has 0 saturated heterocycles. The third kappa shape index (κ3) is 6.09. The van der Waals surface area contributed by atoms with Crippen molar-refractivity contribution >= 4 is 17.3 Å². The van der Waals surface area contributed by atoms with E-state index in [-0.39, 0.29) is 12.5 Å². The molecular weight excluding hydrogens is 364 g/mol. The number of aliphatic hydroxyl groups is 1. The number of para-hydroxylation sites is 3. The van der Waals surface area contributed by atoms with E-state index < -0.39 is 6.10 Å². The van der Waals surface area contributed by atoms with Crippen LogP contribution in [0.25, 0.3) is 0 Å². The molecule has 3 aromatic rings. The number of aliphatic hydroxyl groups excluding tert-OH is 1. The topological polar surface area (TPSA) is 61.8 Å². The lowest BCUT2D eigenvalue weighted by molar-refractivity contribution is -0.115. The molecule has 150 valence electrons. The van der Waals surface area contributed by atoms with Gasteiger partial charge in [-0.05, 0) is 50.2 Å². The van der Waals surface area contributed by atoms with Gasteiger partial charge < -0.3 is 20.1 Å². The summed E-state index contributed by atoms with van der Waals surface area (Å²) in [7, 11) is 0. The third-order valence-electron chi connectivity index (χ3n) is 4.35. The molecule has 0 saturated carbocycles. The number of aryl methyl sites for hydroxylation is 1. The Kier molecular flexibility index (Phi) is 6.87. The van der Waals surface area contributed by atoms with Gasteiger partial charge in [0.05, 0.1) is 18.3 Å². The molecule has 1 unspecified atom stereocenters. The Hall–Kier alpha value is -3.31. The third-order valence-corrected chi connectivity index (χ3v) is 4.35. The fraction of sp³-hybridized carbons (Fsp3) is 0.208. The molecular formula is C24H26N2O3. The second-order valence-electron chi connectivity index (χ2n) is 7.02. The van der Waals surface area contributed by atoms with Crippen LogP contribution in [0, 0.1) is 6.92 Å². The molecule has 0 aromatic heterocycles. The Morgan fingerprint density at radius 3 is 2.34 bits per heavy atom. The molecule has 1 atom stereocenters. The molecule has 0 aliphatic heterocycles. The molecule has 5 heteroatoms. The first-order valence-electron chi connectivity index (χ1n) is 9.63. The number of hydrogen-bond donors (Lipinski definition) is 2. The van der Waals surface area contributed by atoms with Crippen LogP contribution in [0.3, 0.4) is 0 Å². The van der Waals surface area contributed by atoms with E-state index in [1.54, 1.807) is 6.92 Å². The Balaban J connectivity index is 1.72. The van der Waals surface area contributed by atoms with Crippen molar-refractivity contribution in [2.45, 2.75) is 20.0 Å². The van der Waals surface area contributed by atoms with Crippen LogP contribution in [0.1, 0.15) is 12.5 Å². The summed E-state index contributed by atoms with van der Waals surface area (Å²) in [6, 6.07) is 24.7. The molecule has 2 N–H and O–H groups in total. The van der Waals surface area contributed by atoms with Gasteiger partial charge in [0.15, 0.2) is 5.75 Å². The zero-order valence-corrected chi connectivity index (χ0v) is 16.7. The van der Waals surface area contributed by atoms with Crippen molar-refractivity contribution in [2.75, 3.05) is 23.3 Å². The van der Waals surface area contributed by atoms with Crippen molar-refractivity contribution in [3.63, 3.8) is 0 Å². The minimum atomic E-state index is -0.555. The van der Waals surface area contributed by atoms with Gasteiger partial charge in [0.1, 0.15) is 5.75 Å². The Bertz CT molecular complexity index is 924. The second kappa shape index (κ2) is 9.75. The monoisotopic (exact) mass is 390 g/mol. The highest BCUT2D eigenvalue weighted by atomic mass is 16.5. The standard InChI is InChI=1S/C24H26N2O3/c1-18-12-14-21(15-13-18)29-23-11-7-6-10-22(23)25-24(28)17-26(16-19(2)27)20-8-4-3-5-9-20/h3-15,19,27H,16-17H2,1-2H3,(H,25,28). The maximum absolute atomic E-state index is 12.7. The molecule has 29 heavy (non-hydrogen) atoms. The highest BCUT2D eigenvalue weighted by Gasteiger charge is 2.15. The maximum Gasteiger partial charge on any atom is 0.243 e. The van der Waals surface area contributed by atoms with Gasteiger partial charge in [0.25, 0.3) is 0 Å². The lowest BCUT2D eigenvalue weighted by Crippen LogP contribution is -2.37. The van der Waals surface area contributed by atoms with Gasteiger partial charge in [-0.3, -0.25) is 4.79 Å². The molecule has 0 bridgehead atoms. The predicted molar refractivity (Wildman–Crippen MR) is 117 cm³/mol. The Labute approximate surface area is 171 Å². The van der Waals surface area contributed by atoms with E-state index in [1.807, 2.05) is 90.7 Å². The molecule has 0 heterocycles. The average Bonchev–Trinajstić information content (AvgIpc) is 2.71. The fourth-order valence-corrected chi connectivity index (χ4v) is 2.97. The first-order valence-corrected chi connectivity index (χ1v) is 9.63. The van der Waals surface area contributed by atoms with Gasteiger partial charge in [0, 0.05) is 12.2 Å². The molecule has 1 amide bonds. The lowest BCUT2D eigenvalue weighted by atomic mass is 10.2. The quantitative estimate of drug-likeness (QED) is 0.589. The number of nitrogens with zero attached hydrogens (tertiary/aromatic N) is 1. The number of hydrogen-bond acceptors (Lipinski definition) is 4. The Morgan fingerprint density at radius 2 is 1.66 bits per heavy atom. The van der Waals surface area contributed by atoms with Gasteiger partial charge >= 0.3 is 0 Å². The van der Waals surface area contributed by atoms with E-state index >= 15 is 0 Å². The minimum Gasteiger partial charge on any atom is -0.455 e. The maximum atomic E-state index is 12.7. The first kappa shape index (κ1) is 20.4. The van der Waals surface area contributed by atoms with E-state index in [2.05, 4.69) is 5.32 Å². The average molecular weight is 390 g/mol. The van der Waals surface area contributed by atoms with Crippen LogP contribution in [-0.2, 0) is 4.79 Å². The van der Waals surface area contributed by atoms with E-state index in [0.717, 1.165) is 11.3 Å². The molecule has 0 spiro atoms. The van der Waals surface area contributed by atoms with E-state index in [4.69, 9.17) is 4.74 Å². The number of carbonyl (C=O) groups excluding carboxylic acids is 1. The van der Waals surface area contributed by atoms with Crippen molar-refractivity contribution in [2.24, 2.45) is 0 Å². The van der Waals surface area contributed by atoms with Crippen LogP contribution < -0.4 is 15.0 Å². The fourth-order valence-electron chi connectivity index (χ4n) is 2.97. The van der Waals surface area contributed by atoms with Crippen molar-refractivity contribution in [3.05, 3.63) is 84.4 Å². The zero-order chi connectivity index (χ0) is 20.6. The summed E-state index contributed by atoms with van der Waals surface area (Å²) in [5.74, 6) is 1.10. The number of rotatable bonds is 8. The highest BCUT2D eigenvalue weighted by molar-refractivity contribution is 5.95. The van der Waals surface area contributed by atoms with Gasteiger partial charge in [-0.15, -0.1) is 0 Å². The van der Waals surface area contributed by atoms with Crippen molar-refractivity contribution in [3.8, 4) is 11.5 Å². The van der Waals surface area contributed by atoms with Crippen LogP contribution in [0.5, 0.6) is 11.5 Å². The number of ether oxygens (including phenoxy) is 1. The zero-order valence-electron chi connectivity index (χ0n) is 16.7. The lowest BCUT2D eigenvalue weighted by Gasteiger charge is -2.25. The van der Waals surface area contributed by atoms with Crippen molar-refractivity contribution in [1.29, 1.82) is 0 Å². The summed E-state index contributed by atoms with van der Waals surface area (Å²) in [5.41, 5.74) is 2.63. The first-order chi connectivity index (χ1) is 14.0. The molecule has 5 nitrogen and oxygen atoms in total. The number of nitrogens with one attached hydrogen (secondary N) is 1. The van der Waals surface area contributed by atoms with Crippen molar-refractivity contribution in [1.82, 2.24) is 0 Å².